The van der Waals surface area contributed by atoms with Gasteiger partial charge in [0, 0.05) is 60.6 Å². The summed E-state index contributed by atoms with van der Waals surface area (Å²) < 4.78 is 23.3. The number of esters is 1. The minimum absolute atomic E-state index is 0.142. The summed E-state index contributed by atoms with van der Waals surface area (Å²) in [5, 5.41) is 11.6. The predicted molar refractivity (Wildman–Crippen MR) is 157 cm³/mol. The first-order valence-electron chi connectivity index (χ1n) is 13.4. The number of pyridine rings is 1. The smallest absolute Gasteiger partial charge is 0.311 e. The lowest BCUT2D eigenvalue weighted by Crippen LogP contribution is -2.53. The molecular formula is C27H27FIN7O3S. The summed E-state index contributed by atoms with van der Waals surface area (Å²) in [5.74, 6) is 1.51. The van der Waals surface area contributed by atoms with Crippen LogP contribution >= 0.6 is 30.3 Å². The second kappa shape index (κ2) is 9.86. The molecule has 4 aromatic heterocycles. The second-order valence-corrected chi connectivity index (χ2v) is 12.5. The lowest BCUT2D eigenvalue weighted by Gasteiger charge is -2.47. The lowest BCUT2D eigenvalue weighted by atomic mass is 9.61. The van der Waals surface area contributed by atoms with Gasteiger partial charge in [-0.3, -0.25) is 13.6 Å². The Kier molecular flexibility index (Phi) is 6.40. The summed E-state index contributed by atoms with van der Waals surface area (Å²) in [4.78, 5) is 35.2. The van der Waals surface area contributed by atoms with E-state index in [0.29, 0.717) is 69.7 Å². The molecule has 208 valence electrons. The molecule has 4 aliphatic carbocycles. The zero-order valence-corrected chi connectivity index (χ0v) is 24.8. The molecule has 0 saturated heterocycles. The zero-order valence-electron chi connectivity index (χ0n) is 21.8. The average molecular weight is 676 g/mol. The maximum Gasteiger partial charge on any atom is 0.311 e. The quantitative estimate of drug-likeness (QED) is 0.214. The van der Waals surface area contributed by atoms with Crippen LogP contribution in [0.5, 0.6) is 0 Å². The molecule has 4 fully saturated rings. The SMILES string of the molecule is CCOC(=O)[C@@H]1[C@@H](Nc2nc(-c3cn(SI)c4ncc(F)cc34)nn3c(C(=O)NC)ccc23)[C@@H]2CC[C@H]1C1CC12. The molecule has 0 radical (unpaired) electrons. The van der Waals surface area contributed by atoms with E-state index in [1.165, 1.54) is 21.4 Å². The molecule has 0 spiro atoms. The van der Waals surface area contributed by atoms with Crippen molar-refractivity contribution in [2.75, 3.05) is 19.0 Å². The van der Waals surface area contributed by atoms with E-state index in [-0.39, 0.29) is 23.8 Å². The Hall–Kier alpha value is -2.94. The van der Waals surface area contributed by atoms with E-state index in [1.54, 1.807) is 17.6 Å². The Labute approximate surface area is 245 Å². The summed E-state index contributed by atoms with van der Waals surface area (Å²) in [7, 11) is 2.97. The molecular weight excluding hydrogens is 648 g/mol. The standard InChI is InChI=1S/C27H27FIN7O3S/c1-3-39-27(38)21-13-4-5-14(16-9-15(13)16)22(21)32-24-19-6-7-20(26(37)30-2)36(19)34-23(33-24)18-11-35(40-29)25-17(18)8-12(28)10-31-25/h6-8,10-11,13-16,21-22H,3-5,9H2,1-2H3,(H,30,37)(H,32,33,34)/t13-,14+,15?,16?,21-,22-/m0/s1. The molecule has 4 aromatic rings. The molecule has 8 rings (SSSR count). The molecule has 4 saturated carbocycles. The molecule has 40 heavy (non-hydrogen) atoms. The first-order chi connectivity index (χ1) is 19.4. The normalized spacial score (nSPS) is 26.6. The Balaban J connectivity index is 1.39. The number of anilines is 1. The highest BCUT2D eigenvalue weighted by atomic mass is 127. The number of carbonyl (C=O) groups is 2. The van der Waals surface area contributed by atoms with Gasteiger partial charge in [-0.05, 0) is 68.1 Å². The van der Waals surface area contributed by atoms with Crippen LogP contribution in [0.2, 0.25) is 0 Å². The van der Waals surface area contributed by atoms with Gasteiger partial charge in [0.2, 0.25) is 0 Å². The fraction of sp³-hybridized carbons (Fsp3) is 0.444. The molecule has 4 aliphatic rings. The van der Waals surface area contributed by atoms with Crippen LogP contribution in [0, 0.1) is 35.4 Å². The van der Waals surface area contributed by atoms with Crippen molar-refractivity contribution in [3.63, 3.8) is 0 Å². The van der Waals surface area contributed by atoms with Crippen LogP contribution in [-0.2, 0) is 9.53 Å². The number of fused-ring (bicyclic) bond motifs is 4. The van der Waals surface area contributed by atoms with Crippen molar-refractivity contribution >= 4 is 64.6 Å². The molecule has 10 nitrogen and oxygen atoms in total. The maximum atomic E-state index is 14.3. The number of hydrogen-bond acceptors (Lipinski definition) is 8. The Morgan fingerprint density at radius 3 is 2.80 bits per heavy atom. The van der Waals surface area contributed by atoms with Crippen molar-refractivity contribution < 1.29 is 18.7 Å². The summed E-state index contributed by atoms with van der Waals surface area (Å²) in [6, 6.07) is 4.79. The minimum atomic E-state index is -0.467. The van der Waals surface area contributed by atoms with Gasteiger partial charge in [-0.1, -0.05) is 0 Å². The number of halogens is 2. The molecule has 1 amide bonds. The molecule has 0 aromatic carbocycles. The Morgan fingerprint density at radius 1 is 1.23 bits per heavy atom. The van der Waals surface area contributed by atoms with Gasteiger partial charge in [0.15, 0.2) is 17.3 Å². The largest absolute Gasteiger partial charge is 0.466 e. The summed E-state index contributed by atoms with van der Waals surface area (Å²) in [5.41, 5.74) is 2.13. The number of ether oxygens (including phenoxy) is 1. The highest BCUT2D eigenvalue weighted by Crippen LogP contribution is 2.64. The molecule has 4 heterocycles. The van der Waals surface area contributed by atoms with Gasteiger partial charge in [-0.25, -0.2) is 18.9 Å². The van der Waals surface area contributed by atoms with Gasteiger partial charge in [0.25, 0.3) is 5.91 Å². The topological polar surface area (TPSA) is 115 Å². The Bertz CT molecular complexity index is 1670. The fourth-order valence-electron chi connectivity index (χ4n) is 7.17. The first-order valence-corrected chi connectivity index (χ1v) is 16.8. The molecule has 6 atom stereocenters. The van der Waals surface area contributed by atoms with Crippen LogP contribution in [0.4, 0.5) is 10.2 Å². The minimum Gasteiger partial charge on any atom is -0.466 e. The van der Waals surface area contributed by atoms with Crippen LogP contribution in [0.15, 0.2) is 30.6 Å². The predicted octanol–water partition coefficient (Wildman–Crippen LogP) is 4.73. The van der Waals surface area contributed by atoms with E-state index in [4.69, 9.17) is 14.8 Å². The van der Waals surface area contributed by atoms with Gasteiger partial charge in [-0.2, -0.15) is 0 Å². The van der Waals surface area contributed by atoms with Crippen molar-refractivity contribution in [2.45, 2.75) is 32.2 Å². The molecule has 2 bridgehead atoms. The third kappa shape index (κ3) is 3.98. The van der Waals surface area contributed by atoms with Gasteiger partial charge >= 0.3 is 5.97 Å². The van der Waals surface area contributed by atoms with Crippen molar-refractivity contribution in [3.05, 3.63) is 42.1 Å². The van der Waals surface area contributed by atoms with E-state index >= 15 is 0 Å². The fourth-order valence-corrected chi connectivity index (χ4v) is 8.43. The molecule has 2 N–H and O–H groups in total. The lowest BCUT2D eigenvalue weighted by molar-refractivity contribution is -0.155. The number of nitrogens with zero attached hydrogens (tertiary/aromatic N) is 5. The first kappa shape index (κ1) is 26.0. The third-order valence-electron chi connectivity index (χ3n) is 8.86. The number of amides is 1. The molecule has 2 unspecified atom stereocenters. The van der Waals surface area contributed by atoms with E-state index in [1.807, 2.05) is 23.2 Å². The number of aromatic nitrogens is 5. The van der Waals surface area contributed by atoms with E-state index in [0.717, 1.165) is 19.3 Å². The van der Waals surface area contributed by atoms with Crippen molar-refractivity contribution in [1.29, 1.82) is 0 Å². The zero-order chi connectivity index (χ0) is 27.7. The summed E-state index contributed by atoms with van der Waals surface area (Å²) >= 11 is 2.14. The average Bonchev–Trinajstić information content (AvgIpc) is 3.56. The van der Waals surface area contributed by atoms with Crippen LogP contribution in [-0.4, -0.2) is 55.1 Å². The summed E-state index contributed by atoms with van der Waals surface area (Å²) in [6.45, 7) is 2.18. The molecule has 13 heteroatoms. The highest BCUT2D eigenvalue weighted by molar-refractivity contribution is 14.2. The molecule has 0 aliphatic heterocycles. The van der Waals surface area contributed by atoms with Gasteiger partial charge in [0.05, 0.1) is 18.7 Å². The van der Waals surface area contributed by atoms with Crippen LogP contribution < -0.4 is 10.6 Å². The van der Waals surface area contributed by atoms with E-state index in [9.17, 15) is 14.0 Å². The van der Waals surface area contributed by atoms with Crippen LogP contribution in [0.1, 0.15) is 36.7 Å². The summed E-state index contributed by atoms with van der Waals surface area (Å²) in [6.07, 6.45) is 6.26. The number of nitrogens with one attached hydrogen (secondary N) is 2. The third-order valence-corrected chi connectivity index (χ3v) is 10.6. The van der Waals surface area contributed by atoms with Crippen molar-refractivity contribution in [2.24, 2.45) is 29.6 Å². The van der Waals surface area contributed by atoms with Gasteiger partial charge in [0.1, 0.15) is 17.0 Å². The van der Waals surface area contributed by atoms with Gasteiger partial charge in [-0.15, -0.1) is 5.10 Å². The maximum absolute atomic E-state index is 14.3. The van der Waals surface area contributed by atoms with Crippen molar-refractivity contribution in [1.82, 2.24) is 28.9 Å². The van der Waals surface area contributed by atoms with Gasteiger partial charge < -0.3 is 15.4 Å². The monoisotopic (exact) mass is 675 g/mol. The van der Waals surface area contributed by atoms with Crippen LogP contribution in [0.3, 0.4) is 0 Å². The van der Waals surface area contributed by atoms with Crippen LogP contribution in [0.25, 0.3) is 27.9 Å². The number of hydrogen-bond donors (Lipinski definition) is 2. The number of carbonyl (C=O) groups excluding carboxylic acids is 2. The highest BCUT2D eigenvalue weighted by Gasteiger charge is 2.63. The van der Waals surface area contributed by atoms with E-state index in [2.05, 4.69) is 36.8 Å². The second-order valence-electron chi connectivity index (χ2n) is 10.8. The Morgan fingerprint density at radius 2 is 2.02 bits per heavy atom. The number of rotatable bonds is 7. The van der Waals surface area contributed by atoms with Crippen molar-refractivity contribution in [3.8, 4) is 11.4 Å². The van der Waals surface area contributed by atoms with E-state index < -0.39 is 5.82 Å².